The number of aromatic nitrogens is 2. The van der Waals surface area contributed by atoms with Crippen LogP contribution in [0.2, 0.25) is 0 Å². The van der Waals surface area contributed by atoms with E-state index in [9.17, 15) is 9.59 Å². The van der Waals surface area contributed by atoms with Crippen molar-refractivity contribution in [2.45, 2.75) is 77.3 Å². The Morgan fingerprint density at radius 1 is 0.894 bits per heavy atom. The van der Waals surface area contributed by atoms with Gasteiger partial charge >= 0.3 is 6.03 Å². The maximum atomic E-state index is 13.6. The van der Waals surface area contributed by atoms with E-state index in [1.165, 1.54) is 11.1 Å². The zero-order valence-corrected chi connectivity index (χ0v) is 28.2. The van der Waals surface area contributed by atoms with Gasteiger partial charge < -0.3 is 19.7 Å². The van der Waals surface area contributed by atoms with Crippen molar-refractivity contribution in [3.63, 3.8) is 0 Å². The lowest BCUT2D eigenvalue weighted by Gasteiger charge is -2.39. The minimum atomic E-state index is -0.328. The summed E-state index contributed by atoms with van der Waals surface area (Å²) in [4.78, 5) is 28.8. The normalized spacial score (nSPS) is 18.9. The van der Waals surface area contributed by atoms with Crippen molar-refractivity contribution < 1.29 is 19.1 Å². The van der Waals surface area contributed by atoms with E-state index in [1.807, 2.05) is 31.2 Å². The molecule has 0 aliphatic carbocycles. The molecule has 6 rings (SSSR count). The predicted molar refractivity (Wildman–Crippen MR) is 185 cm³/mol. The summed E-state index contributed by atoms with van der Waals surface area (Å²) in [6.45, 7) is 8.59. The van der Waals surface area contributed by atoms with Gasteiger partial charge in [-0.05, 0) is 97.4 Å². The van der Waals surface area contributed by atoms with Crippen molar-refractivity contribution in [3.8, 4) is 17.2 Å². The third-order valence-corrected chi connectivity index (χ3v) is 9.63. The van der Waals surface area contributed by atoms with Gasteiger partial charge in [0, 0.05) is 29.9 Å². The van der Waals surface area contributed by atoms with Crippen molar-refractivity contribution in [2.75, 3.05) is 24.9 Å². The van der Waals surface area contributed by atoms with E-state index in [4.69, 9.17) is 9.47 Å². The Balaban J connectivity index is 1.05. The van der Waals surface area contributed by atoms with Crippen LogP contribution >= 0.6 is 0 Å². The molecule has 2 bridgehead atoms. The Morgan fingerprint density at radius 2 is 1.62 bits per heavy atom. The van der Waals surface area contributed by atoms with Crippen LogP contribution in [0.4, 0.5) is 16.3 Å². The molecule has 9 heteroatoms. The van der Waals surface area contributed by atoms with Crippen molar-refractivity contribution in [3.05, 3.63) is 95.2 Å². The molecule has 3 aromatic carbocycles. The Kier molecular flexibility index (Phi) is 8.99. The lowest BCUT2D eigenvalue weighted by atomic mass is 9.85. The van der Waals surface area contributed by atoms with Crippen LogP contribution in [0.5, 0.6) is 11.5 Å². The van der Waals surface area contributed by atoms with Crippen LogP contribution in [0.1, 0.15) is 73.5 Å². The summed E-state index contributed by atoms with van der Waals surface area (Å²) in [7, 11) is 3.19. The molecule has 9 nitrogen and oxygen atoms in total. The van der Waals surface area contributed by atoms with Gasteiger partial charge in [0.2, 0.25) is 0 Å². The van der Waals surface area contributed by atoms with E-state index < -0.39 is 0 Å². The molecule has 2 atom stereocenters. The number of benzene rings is 3. The van der Waals surface area contributed by atoms with Crippen LogP contribution in [-0.4, -0.2) is 52.9 Å². The van der Waals surface area contributed by atoms with Gasteiger partial charge in [0.05, 0.1) is 31.7 Å². The van der Waals surface area contributed by atoms with Gasteiger partial charge in [-0.3, -0.25) is 10.1 Å². The first-order chi connectivity index (χ1) is 22.5. The fraction of sp³-hybridized carbons (Fsp3) is 0.395. The second-order valence-electron chi connectivity index (χ2n) is 13.9. The number of amides is 3. The number of hydrogen-bond donors (Lipinski definition) is 2. The van der Waals surface area contributed by atoms with Crippen molar-refractivity contribution >= 4 is 23.4 Å². The molecule has 2 aliphatic heterocycles. The number of aryl methyl sites for hydroxylation is 1. The number of anilines is 2. The van der Waals surface area contributed by atoms with Crippen LogP contribution in [0, 0.1) is 12.8 Å². The van der Waals surface area contributed by atoms with Gasteiger partial charge in [-0.25, -0.2) is 9.48 Å². The molecule has 0 saturated carbocycles. The molecule has 2 saturated heterocycles. The Bertz CT molecular complexity index is 1740. The number of nitrogens with zero attached hydrogens (tertiary/aromatic N) is 3. The van der Waals surface area contributed by atoms with Gasteiger partial charge in [-0.1, -0.05) is 45.0 Å². The Morgan fingerprint density at radius 3 is 2.28 bits per heavy atom. The molecule has 4 aromatic rings. The molecule has 0 radical (unpaired) electrons. The zero-order valence-electron chi connectivity index (χ0n) is 28.2. The molecule has 2 unspecified atom stereocenters. The smallest absolute Gasteiger partial charge is 0.324 e. The van der Waals surface area contributed by atoms with Crippen LogP contribution in [0.25, 0.3) is 5.69 Å². The number of carbonyl (C=O) groups is 2. The van der Waals surface area contributed by atoms with Crippen LogP contribution in [0.3, 0.4) is 0 Å². The number of carbonyl (C=O) groups excluding carboxylic acids is 2. The van der Waals surface area contributed by atoms with Gasteiger partial charge in [0.15, 0.2) is 0 Å². The van der Waals surface area contributed by atoms with Crippen molar-refractivity contribution in [2.24, 2.45) is 5.92 Å². The number of rotatable bonds is 8. The third-order valence-electron chi connectivity index (χ3n) is 9.63. The quantitative estimate of drug-likeness (QED) is 0.206. The fourth-order valence-corrected chi connectivity index (χ4v) is 7.13. The van der Waals surface area contributed by atoms with E-state index in [0.29, 0.717) is 28.8 Å². The summed E-state index contributed by atoms with van der Waals surface area (Å²) in [5, 5.41) is 10.4. The number of nitrogens with one attached hydrogen (secondary N) is 2. The highest BCUT2D eigenvalue weighted by Crippen LogP contribution is 2.42. The molecule has 2 aliphatic rings. The van der Waals surface area contributed by atoms with Gasteiger partial charge in [-0.15, -0.1) is 0 Å². The summed E-state index contributed by atoms with van der Waals surface area (Å²) in [5.41, 5.74) is 5.74. The second kappa shape index (κ2) is 13.1. The van der Waals surface area contributed by atoms with Gasteiger partial charge in [-0.2, -0.15) is 5.10 Å². The number of fused-ring (bicyclic) bond motifs is 2. The lowest BCUT2D eigenvalue weighted by Crippen LogP contribution is -2.47. The maximum absolute atomic E-state index is 13.6. The number of hydrogen-bond acceptors (Lipinski definition) is 5. The number of methoxy groups -OCH3 is 2. The molecular formula is C38H45N5O4. The minimum absolute atomic E-state index is 0.00474. The molecule has 0 spiro atoms. The fourth-order valence-electron chi connectivity index (χ4n) is 7.13. The first-order valence-corrected chi connectivity index (χ1v) is 16.4. The van der Waals surface area contributed by atoms with E-state index in [-0.39, 0.29) is 29.4 Å². The molecule has 2 N–H and O–H groups in total. The zero-order chi connectivity index (χ0) is 33.3. The van der Waals surface area contributed by atoms with E-state index in [2.05, 4.69) is 71.7 Å². The SMILES string of the molecule is COc1ccc(C(=O)N2C3CCC2CC(Cc2ccc(NC(=O)Nc4ccnn4-c4cc(C(C)(C)C)ccc4C)cc2)C3)c(OC)c1. The summed E-state index contributed by atoms with van der Waals surface area (Å²) in [6, 6.07) is 21.8. The topological polar surface area (TPSA) is 97.7 Å². The maximum Gasteiger partial charge on any atom is 0.324 e. The molecule has 1 aromatic heterocycles. The second-order valence-corrected chi connectivity index (χ2v) is 13.9. The molecule has 3 heterocycles. The molecular weight excluding hydrogens is 590 g/mol. The molecule has 47 heavy (non-hydrogen) atoms. The minimum Gasteiger partial charge on any atom is -0.497 e. The van der Waals surface area contributed by atoms with Gasteiger partial charge in [0.25, 0.3) is 5.91 Å². The summed E-state index contributed by atoms with van der Waals surface area (Å²) < 4.78 is 12.6. The number of piperidine rings is 1. The van der Waals surface area contributed by atoms with Crippen LogP contribution < -0.4 is 20.1 Å². The number of urea groups is 1. The van der Waals surface area contributed by atoms with E-state index >= 15 is 0 Å². The van der Waals surface area contributed by atoms with Gasteiger partial charge in [0.1, 0.15) is 17.3 Å². The average molecular weight is 636 g/mol. The largest absolute Gasteiger partial charge is 0.497 e. The van der Waals surface area contributed by atoms with E-state index in [0.717, 1.165) is 49.0 Å². The summed E-state index contributed by atoms with van der Waals surface area (Å²) >= 11 is 0. The lowest BCUT2D eigenvalue weighted by molar-refractivity contribution is 0.0521. The summed E-state index contributed by atoms with van der Waals surface area (Å²) in [6.07, 6.45) is 6.66. The highest BCUT2D eigenvalue weighted by Gasteiger charge is 2.43. The first-order valence-electron chi connectivity index (χ1n) is 16.4. The van der Waals surface area contributed by atoms with Crippen LogP contribution in [0.15, 0.2) is 72.9 Å². The van der Waals surface area contributed by atoms with Crippen molar-refractivity contribution in [1.29, 1.82) is 0 Å². The first kappa shape index (κ1) is 32.2. The number of ether oxygens (including phenoxy) is 2. The highest BCUT2D eigenvalue weighted by molar-refractivity contribution is 5.99. The highest BCUT2D eigenvalue weighted by atomic mass is 16.5. The standard InChI is InChI=1S/C38H45N5O4/c1-24-7-10-27(38(2,3)4)22-33(24)43-35(17-18-39-43)41-37(45)40-28-11-8-25(9-12-28)19-26-20-29-13-14-30(21-26)42(29)36(44)32-16-15-31(46-5)23-34(32)47-6/h7-12,15-18,22-23,26,29-30H,13-14,19-21H2,1-6H3,(H2,40,41,45). The third kappa shape index (κ3) is 6.84. The van der Waals surface area contributed by atoms with E-state index in [1.54, 1.807) is 37.2 Å². The molecule has 246 valence electrons. The summed E-state index contributed by atoms with van der Waals surface area (Å²) in [5.74, 6) is 2.35. The average Bonchev–Trinajstić information content (AvgIpc) is 3.61. The molecule has 3 amide bonds. The monoisotopic (exact) mass is 635 g/mol. The Labute approximate surface area is 277 Å². The van der Waals surface area contributed by atoms with Crippen molar-refractivity contribution in [1.82, 2.24) is 14.7 Å². The molecule has 2 fully saturated rings. The predicted octanol–water partition coefficient (Wildman–Crippen LogP) is 7.77. The Hall–Kier alpha value is -4.79. The van der Waals surface area contributed by atoms with Crippen LogP contribution in [-0.2, 0) is 11.8 Å².